The van der Waals surface area contributed by atoms with Crippen molar-refractivity contribution in [3.05, 3.63) is 138 Å². The molecule has 158 valence electrons. The molecular formula is C32H24O. The largest absolute Gasteiger partial charge is 0.293 e. The van der Waals surface area contributed by atoms with E-state index >= 15 is 0 Å². The zero-order valence-corrected chi connectivity index (χ0v) is 18.3. The Balaban J connectivity index is 1.46. The molecule has 0 aromatic heterocycles. The highest BCUT2D eigenvalue weighted by Gasteiger charge is 2.37. The van der Waals surface area contributed by atoms with E-state index in [1.807, 2.05) is 24.3 Å². The second-order valence-corrected chi connectivity index (χ2v) is 8.88. The van der Waals surface area contributed by atoms with Crippen molar-refractivity contribution in [2.24, 2.45) is 5.92 Å². The Bertz CT molecular complexity index is 1510. The summed E-state index contributed by atoms with van der Waals surface area (Å²) in [4.78, 5) is 14.1. The van der Waals surface area contributed by atoms with E-state index in [9.17, 15) is 4.79 Å². The van der Waals surface area contributed by atoms with E-state index in [0.29, 0.717) is 0 Å². The van der Waals surface area contributed by atoms with Gasteiger partial charge < -0.3 is 0 Å². The van der Waals surface area contributed by atoms with Crippen LogP contribution in [-0.2, 0) is 0 Å². The summed E-state index contributed by atoms with van der Waals surface area (Å²) in [5, 5.41) is 4.69. The lowest BCUT2D eigenvalue weighted by Gasteiger charge is -2.23. The van der Waals surface area contributed by atoms with Gasteiger partial charge in [0.15, 0.2) is 5.78 Å². The van der Waals surface area contributed by atoms with Gasteiger partial charge >= 0.3 is 0 Å². The number of rotatable bonds is 4. The topological polar surface area (TPSA) is 17.1 Å². The third-order valence-corrected chi connectivity index (χ3v) is 6.96. The Kier molecular flexibility index (Phi) is 4.88. The number of carbonyl (C=O) groups is 1. The molecule has 0 fully saturated rings. The summed E-state index contributed by atoms with van der Waals surface area (Å²) in [5.41, 5.74) is 4.30. The molecule has 33 heavy (non-hydrogen) atoms. The molecule has 1 heteroatoms. The molecule has 1 aliphatic rings. The molecule has 0 radical (unpaired) electrons. The number of allylic oxidation sites excluding steroid dienone is 2. The number of carbonyl (C=O) groups excluding carboxylic acids is 1. The average molecular weight is 425 g/mol. The molecule has 0 unspecified atom stereocenters. The Morgan fingerprint density at radius 2 is 1.21 bits per heavy atom. The first-order valence-corrected chi connectivity index (χ1v) is 11.6. The number of hydrogen-bond acceptors (Lipinski definition) is 1. The molecule has 0 heterocycles. The van der Waals surface area contributed by atoms with Gasteiger partial charge in [-0.3, -0.25) is 4.79 Å². The van der Waals surface area contributed by atoms with E-state index < -0.39 is 0 Å². The van der Waals surface area contributed by atoms with Crippen molar-refractivity contribution in [2.75, 3.05) is 0 Å². The molecule has 5 aromatic rings. The summed E-state index contributed by atoms with van der Waals surface area (Å²) in [5.74, 6) is 0.146. The van der Waals surface area contributed by atoms with Crippen LogP contribution in [-0.4, -0.2) is 5.78 Å². The smallest absolute Gasteiger partial charge is 0.170 e. The minimum absolute atomic E-state index is 0.145. The normalized spacial score (nSPS) is 17.9. The summed E-state index contributed by atoms with van der Waals surface area (Å²) in [6.07, 6.45) is 3.15. The molecule has 0 N–H and O–H groups in total. The van der Waals surface area contributed by atoms with Crippen molar-refractivity contribution in [3.63, 3.8) is 0 Å². The van der Waals surface area contributed by atoms with Crippen molar-refractivity contribution < 1.29 is 4.79 Å². The molecule has 0 aliphatic heterocycles. The molecule has 5 aromatic carbocycles. The van der Waals surface area contributed by atoms with Crippen LogP contribution in [0, 0.1) is 5.92 Å². The molecule has 1 aliphatic carbocycles. The Labute approximate surface area is 194 Å². The van der Waals surface area contributed by atoms with Gasteiger partial charge in [-0.1, -0.05) is 109 Å². The second-order valence-electron chi connectivity index (χ2n) is 8.88. The fourth-order valence-corrected chi connectivity index (χ4v) is 5.27. The standard InChI is InChI=1S/C32H24O/c33-32(28-17-15-23-9-5-7-13-26(23)21-28)31-29(24-10-2-1-3-11-24)18-19-30(31)27-16-14-22-8-4-6-12-25(22)20-27/h1-17,19-21,29,31H,18H2/t29-,31-/m1/s1. The minimum Gasteiger partial charge on any atom is -0.293 e. The van der Waals surface area contributed by atoms with E-state index in [4.69, 9.17) is 0 Å². The first kappa shape index (κ1) is 19.7. The van der Waals surface area contributed by atoms with E-state index in [-0.39, 0.29) is 17.6 Å². The van der Waals surface area contributed by atoms with Crippen molar-refractivity contribution >= 4 is 32.9 Å². The molecular weight excluding hydrogens is 400 g/mol. The molecule has 0 spiro atoms. The molecule has 0 amide bonds. The van der Waals surface area contributed by atoms with Crippen LogP contribution in [0.25, 0.3) is 27.1 Å². The molecule has 0 saturated carbocycles. The summed E-state index contributed by atoms with van der Waals surface area (Å²) in [7, 11) is 0. The summed E-state index contributed by atoms with van der Waals surface area (Å²) in [6, 6.07) is 39.8. The SMILES string of the molecule is O=C(c1ccc2ccccc2c1)[C@H]1C(c2ccc3ccccc3c2)=CC[C@@H]1c1ccccc1. The van der Waals surface area contributed by atoms with Crippen LogP contribution >= 0.6 is 0 Å². The number of benzene rings is 5. The Morgan fingerprint density at radius 3 is 1.94 bits per heavy atom. The Morgan fingerprint density at radius 1 is 0.606 bits per heavy atom. The number of Topliss-reactive ketones (excluding diaryl/α,β-unsaturated/α-hetero) is 1. The first-order chi connectivity index (χ1) is 16.3. The van der Waals surface area contributed by atoms with Crippen molar-refractivity contribution in [1.82, 2.24) is 0 Å². The van der Waals surface area contributed by atoms with Crippen LogP contribution in [0.4, 0.5) is 0 Å². The maximum absolute atomic E-state index is 14.1. The fourth-order valence-electron chi connectivity index (χ4n) is 5.27. The summed E-state index contributed by atoms with van der Waals surface area (Å²) < 4.78 is 0. The zero-order valence-electron chi connectivity index (χ0n) is 18.3. The van der Waals surface area contributed by atoms with Gasteiger partial charge in [-0.05, 0) is 56.8 Å². The van der Waals surface area contributed by atoms with E-state index in [0.717, 1.165) is 33.9 Å². The van der Waals surface area contributed by atoms with Crippen LogP contribution in [0.5, 0.6) is 0 Å². The molecule has 6 rings (SSSR count). The maximum Gasteiger partial charge on any atom is 0.170 e. The summed E-state index contributed by atoms with van der Waals surface area (Å²) >= 11 is 0. The van der Waals surface area contributed by atoms with Gasteiger partial charge in [-0.2, -0.15) is 0 Å². The van der Waals surface area contributed by atoms with Crippen LogP contribution in [0.2, 0.25) is 0 Å². The fraction of sp³-hybridized carbons (Fsp3) is 0.0938. The van der Waals surface area contributed by atoms with Crippen LogP contribution < -0.4 is 0 Å². The highest BCUT2D eigenvalue weighted by molar-refractivity contribution is 6.08. The number of hydrogen-bond donors (Lipinski definition) is 0. The van der Waals surface area contributed by atoms with Crippen molar-refractivity contribution in [1.29, 1.82) is 0 Å². The molecule has 1 nitrogen and oxygen atoms in total. The maximum atomic E-state index is 14.1. The number of ketones is 1. The molecule has 0 saturated heterocycles. The van der Waals surface area contributed by atoms with Gasteiger partial charge in [-0.25, -0.2) is 0 Å². The van der Waals surface area contributed by atoms with E-state index in [2.05, 4.69) is 97.1 Å². The highest BCUT2D eigenvalue weighted by atomic mass is 16.1. The van der Waals surface area contributed by atoms with Crippen molar-refractivity contribution in [3.8, 4) is 0 Å². The minimum atomic E-state index is -0.199. The lowest BCUT2D eigenvalue weighted by Crippen LogP contribution is -2.20. The first-order valence-electron chi connectivity index (χ1n) is 11.6. The third kappa shape index (κ3) is 3.56. The highest BCUT2D eigenvalue weighted by Crippen LogP contribution is 2.46. The van der Waals surface area contributed by atoms with E-state index in [1.165, 1.54) is 16.3 Å². The lowest BCUT2D eigenvalue weighted by molar-refractivity contribution is 0.0939. The lowest BCUT2D eigenvalue weighted by atomic mass is 9.78. The zero-order chi connectivity index (χ0) is 22.2. The van der Waals surface area contributed by atoms with Gasteiger partial charge in [0.05, 0.1) is 5.92 Å². The van der Waals surface area contributed by atoms with Gasteiger partial charge in [0.1, 0.15) is 0 Å². The Hall–Kier alpha value is -3.97. The molecule has 2 atom stereocenters. The van der Waals surface area contributed by atoms with Crippen LogP contribution in [0.3, 0.4) is 0 Å². The predicted molar refractivity (Wildman–Crippen MR) is 137 cm³/mol. The predicted octanol–water partition coefficient (Wildman–Crippen LogP) is 8.06. The van der Waals surface area contributed by atoms with Gasteiger partial charge in [0, 0.05) is 11.5 Å². The molecule has 0 bridgehead atoms. The summed E-state index contributed by atoms with van der Waals surface area (Å²) in [6.45, 7) is 0. The van der Waals surface area contributed by atoms with Crippen LogP contribution in [0.1, 0.15) is 33.8 Å². The van der Waals surface area contributed by atoms with E-state index in [1.54, 1.807) is 0 Å². The quantitative estimate of drug-likeness (QED) is 0.267. The van der Waals surface area contributed by atoms with Crippen LogP contribution in [0.15, 0.2) is 121 Å². The average Bonchev–Trinajstić information content (AvgIpc) is 3.33. The third-order valence-electron chi connectivity index (χ3n) is 6.96. The van der Waals surface area contributed by atoms with Gasteiger partial charge in [0.2, 0.25) is 0 Å². The van der Waals surface area contributed by atoms with Gasteiger partial charge in [-0.15, -0.1) is 0 Å². The second kappa shape index (κ2) is 8.18. The number of fused-ring (bicyclic) bond motifs is 2. The monoisotopic (exact) mass is 424 g/mol. The van der Waals surface area contributed by atoms with Crippen molar-refractivity contribution in [2.45, 2.75) is 12.3 Å². The van der Waals surface area contributed by atoms with Gasteiger partial charge in [0.25, 0.3) is 0 Å².